The fourth-order valence-electron chi connectivity index (χ4n) is 1.60. The van der Waals surface area contributed by atoms with Gasteiger partial charge in [0, 0.05) is 18.8 Å². The summed E-state index contributed by atoms with van der Waals surface area (Å²) in [6.07, 6.45) is -2.12. The number of alkyl halides is 3. The van der Waals surface area contributed by atoms with Crippen molar-refractivity contribution in [1.82, 2.24) is 10.3 Å². The standard InChI is InChI=1S/C13H17F3N2O3/c1-9(4-3-7-19)18-12(20)11-10(5-2-6-17-11)21-8-13(14,15)16/h2,5-6,9,19H,3-4,7-8H2,1H3,(H,18,20). The quantitative estimate of drug-likeness (QED) is 0.807. The molecule has 0 radical (unpaired) electrons. The van der Waals surface area contributed by atoms with Crippen molar-refractivity contribution < 1.29 is 27.8 Å². The molecule has 1 aromatic rings. The summed E-state index contributed by atoms with van der Waals surface area (Å²) < 4.78 is 41.1. The minimum absolute atomic E-state index is 0.00371. The number of nitrogens with one attached hydrogen (secondary N) is 1. The number of hydrogen-bond acceptors (Lipinski definition) is 4. The van der Waals surface area contributed by atoms with Gasteiger partial charge < -0.3 is 15.2 Å². The summed E-state index contributed by atoms with van der Waals surface area (Å²) in [6.45, 7) is 0.246. The van der Waals surface area contributed by atoms with Crippen LogP contribution in [0.1, 0.15) is 30.3 Å². The number of hydrogen-bond donors (Lipinski definition) is 2. The lowest BCUT2D eigenvalue weighted by Gasteiger charge is -2.15. The summed E-state index contributed by atoms with van der Waals surface area (Å²) in [5, 5.41) is 11.3. The summed E-state index contributed by atoms with van der Waals surface area (Å²) in [5.74, 6) is -0.833. The van der Waals surface area contributed by atoms with Crippen LogP contribution in [0.25, 0.3) is 0 Å². The molecule has 21 heavy (non-hydrogen) atoms. The summed E-state index contributed by atoms with van der Waals surface area (Å²) in [4.78, 5) is 15.7. The number of ether oxygens (including phenoxy) is 1. The van der Waals surface area contributed by atoms with Crippen LogP contribution in [0.5, 0.6) is 5.75 Å². The molecule has 0 aliphatic heterocycles. The van der Waals surface area contributed by atoms with Crippen LogP contribution in [0.15, 0.2) is 18.3 Å². The van der Waals surface area contributed by atoms with E-state index in [0.717, 1.165) is 0 Å². The van der Waals surface area contributed by atoms with E-state index in [1.807, 2.05) is 0 Å². The van der Waals surface area contributed by atoms with Gasteiger partial charge in [0.1, 0.15) is 0 Å². The molecule has 0 spiro atoms. The largest absolute Gasteiger partial charge is 0.482 e. The second kappa shape index (κ2) is 7.82. The van der Waals surface area contributed by atoms with Gasteiger partial charge in [0.15, 0.2) is 18.1 Å². The molecular weight excluding hydrogens is 289 g/mol. The molecular formula is C13H17F3N2O3. The van der Waals surface area contributed by atoms with Crippen molar-refractivity contribution in [3.05, 3.63) is 24.0 Å². The number of nitrogens with zero attached hydrogens (tertiary/aromatic N) is 1. The van der Waals surface area contributed by atoms with Crippen molar-refractivity contribution in [2.75, 3.05) is 13.2 Å². The zero-order valence-corrected chi connectivity index (χ0v) is 11.5. The number of rotatable bonds is 7. The van der Waals surface area contributed by atoms with E-state index >= 15 is 0 Å². The molecule has 0 aliphatic rings. The van der Waals surface area contributed by atoms with Crippen LogP contribution in [0.4, 0.5) is 13.2 Å². The number of aromatic nitrogens is 1. The van der Waals surface area contributed by atoms with Crippen LogP contribution in [-0.2, 0) is 0 Å². The van der Waals surface area contributed by atoms with Crippen LogP contribution < -0.4 is 10.1 Å². The maximum atomic E-state index is 12.2. The van der Waals surface area contributed by atoms with E-state index in [0.29, 0.717) is 12.8 Å². The molecule has 1 amide bonds. The Morgan fingerprint density at radius 1 is 1.52 bits per heavy atom. The monoisotopic (exact) mass is 306 g/mol. The third-order valence-corrected chi connectivity index (χ3v) is 2.55. The Morgan fingerprint density at radius 3 is 2.86 bits per heavy atom. The zero-order valence-electron chi connectivity index (χ0n) is 11.5. The van der Waals surface area contributed by atoms with E-state index in [1.54, 1.807) is 6.92 Å². The topological polar surface area (TPSA) is 71.5 Å². The number of pyridine rings is 1. The van der Waals surface area contributed by atoms with Gasteiger partial charge in [0.2, 0.25) is 0 Å². The minimum Gasteiger partial charge on any atom is -0.482 e. The summed E-state index contributed by atoms with van der Waals surface area (Å²) >= 11 is 0. The molecule has 0 aromatic carbocycles. The SMILES string of the molecule is CC(CCCO)NC(=O)c1ncccc1OCC(F)(F)F. The second-order valence-corrected chi connectivity index (χ2v) is 4.49. The Balaban J connectivity index is 2.71. The highest BCUT2D eigenvalue weighted by atomic mass is 19.4. The van der Waals surface area contributed by atoms with E-state index in [2.05, 4.69) is 15.0 Å². The fraction of sp³-hybridized carbons (Fsp3) is 0.538. The average molecular weight is 306 g/mol. The highest BCUT2D eigenvalue weighted by molar-refractivity contribution is 5.95. The van der Waals surface area contributed by atoms with Crippen LogP contribution in [0.3, 0.4) is 0 Å². The van der Waals surface area contributed by atoms with E-state index in [4.69, 9.17) is 5.11 Å². The lowest BCUT2D eigenvalue weighted by molar-refractivity contribution is -0.153. The van der Waals surface area contributed by atoms with Crippen LogP contribution >= 0.6 is 0 Å². The van der Waals surface area contributed by atoms with Gasteiger partial charge in [-0.1, -0.05) is 0 Å². The molecule has 118 valence electrons. The predicted molar refractivity (Wildman–Crippen MR) is 69.0 cm³/mol. The molecule has 2 N–H and O–H groups in total. The van der Waals surface area contributed by atoms with Crippen molar-refractivity contribution in [2.45, 2.75) is 32.0 Å². The molecule has 0 aliphatic carbocycles. The Morgan fingerprint density at radius 2 is 2.24 bits per heavy atom. The molecule has 1 unspecified atom stereocenters. The number of carbonyl (C=O) groups excluding carboxylic acids is 1. The maximum absolute atomic E-state index is 12.2. The lowest BCUT2D eigenvalue weighted by Crippen LogP contribution is -2.33. The maximum Gasteiger partial charge on any atom is 0.422 e. The van der Waals surface area contributed by atoms with Gasteiger partial charge in [-0.05, 0) is 31.9 Å². The summed E-state index contributed by atoms with van der Waals surface area (Å²) in [5.41, 5.74) is -0.197. The molecule has 8 heteroatoms. The van der Waals surface area contributed by atoms with Crippen molar-refractivity contribution in [2.24, 2.45) is 0 Å². The van der Waals surface area contributed by atoms with Gasteiger partial charge in [0.25, 0.3) is 5.91 Å². The highest BCUT2D eigenvalue weighted by Crippen LogP contribution is 2.20. The molecule has 0 saturated heterocycles. The fourth-order valence-corrected chi connectivity index (χ4v) is 1.60. The number of amides is 1. The number of halogens is 3. The predicted octanol–water partition coefficient (Wildman–Crippen LogP) is 1.91. The Kier molecular flexibility index (Phi) is 6.41. The Hall–Kier alpha value is -1.83. The Labute approximate surface area is 120 Å². The second-order valence-electron chi connectivity index (χ2n) is 4.49. The van der Waals surface area contributed by atoms with Crippen LogP contribution in [-0.4, -0.2) is 41.4 Å². The first-order chi connectivity index (χ1) is 9.83. The summed E-state index contributed by atoms with van der Waals surface area (Å²) in [6, 6.07) is 2.41. The first kappa shape index (κ1) is 17.2. The smallest absolute Gasteiger partial charge is 0.422 e. The number of carbonyl (C=O) groups is 1. The van der Waals surface area contributed by atoms with Crippen molar-refractivity contribution in [1.29, 1.82) is 0 Å². The molecule has 0 fully saturated rings. The lowest BCUT2D eigenvalue weighted by atomic mass is 10.2. The third-order valence-electron chi connectivity index (χ3n) is 2.55. The van der Waals surface area contributed by atoms with Gasteiger partial charge in [-0.25, -0.2) is 4.98 Å². The minimum atomic E-state index is -4.49. The highest BCUT2D eigenvalue weighted by Gasteiger charge is 2.29. The molecule has 0 saturated carbocycles. The number of aliphatic hydroxyl groups excluding tert-OH is 1. The molecule has 1 heterocycles. The zero-order chi connectivity index (χ0) is 15.9. The van der Waals surface area contributed by atoms with Gasteiger partial charge in [-0.3, -0.25) is 4.79 Å². The van der Waals surface area contributed by atoms with Crippen LogP contribution in [0, 0.1) is 0 Å². The third kappa shape index (κ3) is 6.44. The van der Waals surface area contributed by atoms with Crippen LogP contribution in [0.2, 0.25) is 0 Å². The molecule has 0 bridgehead atoms. The number of aliphatic hydroxyl groups is 1. The first-order valence-electron chi connectivity index (χ1n) is 6.40. The summed E-state index contributed by atoms with van der Waals surface area (Å²) in [7, 11) is 0. The van der Waals surface area contributed by atoms with Gasteiger partial charge in [-0.2, -0.15) is 13.2 Å². The van der Waals surface area contributed by atoms with Gasteiger partial charge in [0.05, 0.1) is 0 Å². The van der Waals surface area contributed by atoms with Crippen molar-refractivity contribution >= 4 is 5.91 Å². The van der Waals surface area contributed by atoms with Crippen molar-refractivity contribution in [3.8, 4) is 5.75 Å². The molecule has 1 rings (SSSR count). The van der Waals surface area contributed by atoms with Gasteiger partial charge in [-0.15, -0.1) is 0 Å². The average Bonchev–Trinajstić information content (AvgIpc) is 2.42. The van der Waals surface area contributed by atoms with E-state index in [1.165, 1.54) is 18.3 Å². The normalized spacial score (nSPS) is 12.8. The molecule has 1 atom stereocenters. The van der Waals surface area contributed by atoms with E-state index < -0.39 is 18.7 Å². The van der Waals surface area contributed by atoms with E-state index in [9.17, 15) is 18.0 Å². The van der Waals surface area contributed by atoms with E-state index in [-0.39, 0.29) is 24.1 Å². The molecule has 1 aromatic heterocycles. The van der Waals surface area contributed by atoms with Crippen molar-refractivity contribution in [3.63, 3.8) is 0 Å². The Bertz CT molecular complexity index is 466. The molecule has 5 nitrogen and oxygen atoms in total. The van der Waals surface area contributed by atoms with Gasteiger partial charge >= 0.3 is 6.18 Å². The first-order valence-corrected chi connectivity index (χ1v) is 6.40.